The van der Waals surface area contributed by atoms with Crippen LogP contribution in [0.15, 0.2) is 35.5 Å². The molecule has 1 fully saturated rings. The third kappa shape index (κ3) is 2.77. The Balaban J connectivity index is 1.85. The van der Waals surface area contributed by atoms with Crippen LogP contribution in [0.5, 0.6) is 0 Å². The predicted molar refractivity (Wildman–Crippen MR) is 71.8 cm³/mol. The van der Waals surface area contributed by atoms with Gasteiger partial charge in [-0.25, -0.2) is 17.8 Å². The zero-order chi connectivity index (χ0) is 15.0. The Hall–Kier alpha value is -2.29. The number of tetrazole rings is 1. The highest BCUT2D eigenvalue weighted by Gasteiger charge is 2.40. The minimum absolute atomic E-state index is 0.00264. The first kappa shape index (κ1) is 13.7. The first-order valence-corrected chi connectivity index (χ1v) is 7.86. The van der Waals surface area contributed by atoms with E-state index in [9.17, 15) is 13.2 Å². The molecule has 9 heteroatoms. The van der Waals surface area contributed by atoms with Crippen LogP contribution in [0.25, 0.3) is 5.69 Å². The van der Waals surface area contributed by atoms with Gasteiger partial charge in [0, 0.05) is 5.92 Å². The Kier molecular flexibility index (Phi) is 3.20. The molecule has 2 atom stereocenters. The van der Waals surface area contributed by atoms with Crippen molar-refractivity contribution in [2.45, 2.75) is 18.2 Å². The van der Waals surface area contributed by atoms with Crippen LogP contribution in [0, 0.1) is 11.8 Å². The van der Waals surface area contributed by atoms with Gasteiger partial charge in [-0.1, -0.05) is 13.0 Å². The van der Waals surface area contributed by atoms with Gasteiger partial charge in [0.1, 0.15) is 6.33 Å². The molecule has 0 saturated heterocycles. The standard InChI is InChI=1S/C12H13N5O3S/c1-8-5-11(8)12(18)14-21(19,20)10-4-2-3-9(6-10)17-7-13-15-16-17/h2-4,6-8,11H,5H2,1H3,(H,14,18). The van der Waals surface area contributed by atoms with Crippen molar-refractivity contribution >= 4 is 15.9 Å². The van der Waals surface area contributed by atoms with E-state index in [1.54, 1.807) is 12.1 Å². The molecule has 110 valence electrons. The van der Waals surface area contributed by atoms with Crippen molar-refractivity contribution in [2.24, 2.45) is 11.8 Å². The second kappa shape index (κ2) is 4.92. The first-order chi connectivity index (χ1) is 9.97. The Morgan fingerprint density at radius 3 is 2.81 bits per heavy atom. The summed E-state index contributed by atoms with van der Waals surface area (Å²) in [5.74, 6) is -0.412. The molecule has 1 aliphatic carbocycles. The quantitative estimate of drug-likeness (QED) is 0.860. The Morgan fingerprint density at radius 1 is 1.43 bits per heavy atom. The zero-order valence-corrected chi connectivity index (χ0v) is 12.0. The van der Waals surface area contributed by atoms with E-state index in [4.69, 9.17) is 0 Å². The van der Waals surface area contributed by atoms with Gasteiger partial charge in [0.2, 0.25) is 5.91 Å². The van der Waals surface area contributed by atoms with Gasteiger partial charge in [0.05, 0.1) is 10.6 Å². The lowest BCUT2D eigenvalue weighted by Gasteiger charge is -2.08. The van der Waals surface area contributed by atoms with Crippen LogP contribution in [-0.2, 0) is 14.8 Å². The van der Waals surface area contributed by atoms with Crippen LogP contribution in [0.3, 0.4) is 0 Å². The smallest absolute Gasteiger partial charge is 0.264 e. The molecule has 0 spiro atoms. The number of sulfonamides is 1. The van der Waals surface area contributed by atoms with Gasteiger partial charge >= 0.3 is 0 Å². The number of hydrogen-bond acceptors (Lipinski definition) is 6. The van der Waals surface area contributed by atoms with Crippen molar-refractivity contribution < 1.29 is 13.2 Å². The average Bonchev–Trinajstić information content (AvgIpc) is 2.97. The number of hydrogen-bond donors (Lipinski definition) is 1. The second-order valence-electron chi connectivity index (χ2n) is 5.04. The molecule has 1 amide bonds. The van der Waals surface area contributed by atoms with Crippen molar-refractivity contribution in [1.82, 2.24) is 24.9 Å². The molecule has 3 rings (SSSR count). The predicted octanol–water partition coefficient (Wildman–Crippen LogP) is 0.123. The first-order valence-electron chi connectivity index (χ1n) is 6.37. The maximum absolute atomic E-state index is 12.2. The van der Waals surface area contributed by atoms with Crippen LogP contribution >= 0.6 is 0 Å². The van der Waals surface area contributed by atoms with E-state index in [2.05, 4.69) is 20.2 Å². The number of aromatic nitrogens is 4. The van der Waals surface area contributed by atoms with E-state index < -0.39 is 15.9 Å². The highest BCUT2D eigenvalue weighted by molar-refractivity contribution is 7.90. The van der Waals surface area contributed by atoms with E-state index in [-0.39, 0.29) is 16.7 Å². The van der Waals surface area contributed by atoms with Gasteiger partial charge in [-0.05, 0) is 41.0 Å². The summed E-state index contributed by atoms with van der Waals surface area (Å²) in [6, 6.07) is 6.05. The lowest BCUT2D eigenvalue weighted by molar-refractivity contribution is -0.120. The van der Waals surface area contributed by atoms with Crippen LogP contribution in [0.4, 0.5) is 0 Å². The number of nitrogens with zero attached hydrogens (tertiary/aromatic N) is 4. The Morgan fingerprint density at radius 2 is 2.19 bits per heavy atom. The zero-order valence-electron chi connectivity index (χ0n) is 11.2. The fourth-order valence-electron chi connectivity index (χ4n) is 2.03. The van der Waals surface area contributed by atoms with Gasteiger partial charge in [0.15, 0.2) is 0 Å². The number of rotatable bonds is 4. The van der Waals surface area contributed by atoms with Gasteiger partial charge in [-0.3, -0.25) is 4.79 Å². The number of carbonyl (C=O) groups is 1. The molecule has 1 saturated carbocycles. The van der Waals surface area contributed by atoms with E-state index in [0.29, 0.717) is 5.69 Å². The van der Waals surface area contributed by atoms with E-state index in [0.717, 1.165) is 6.42 Å². The number of nitrogens with one attached hydrogen (secondary N) is 1. The molecule has 0 bridgehead atoms. The fourth-order valence-corrected chi connectivity index (χ4v) is 3.09. The summed E-state index contributed by atoms with van der Waals surface area (Å²) < 4.78 is 27.9. The van der Waals surface area contributed by atoms with Crippen molar-refractivity contribution in [2.75, 3.05) is 0 Å². The molecule has 2 unspecified atom stereocenters. The third-order valence-electron chi connectivity index (χ3n) is 3.42. The van der Waals surface area contributed by atoms with Crippen LogP contribution in [-0.4, -0.2) is 34.5 Å². The monoisotopic (exact) mass is 307 g/mol. The van der Waals surface area contributed by atoms with Crippen LogP contribution in [0.2, 0.25) is 0 Å². The SMILES string of the molecule is CC1CC1C(=O)NS(=O)(=O)c1cccc(-n2cnnn2)c1. The summed E-state index contributed by atoms with van der Waals surface area (Å²) in [7, 11) is -3.88. The molecule has 8 nitrogen and oxygen atoms in total. The van der Waals surface area contributed by atoms with E-state index in [1.807, 2.05) is 6.92 Å². The molecule has 1 N–H and O–H groups in total. The highest BCUT2D eigenvalue weighted by Crippen LogP contribution is 2.37. The largest absolute Gasteiger partial charge is 0.274 e. The number of carbonyl (C=O) groups excluding carboxylic acids is 1. The summed E-state index contributed by atoms with van der Waals surface area (Å²) in [4.78, 5) is 11.8. The molecule has 0 radical (unpaired) electrons. The summed E-state index contributed by atoms with van der Waals surface area (Å²) in [6.45, 7) is 1.91. The maximum Gasteiger partial charge on any atom is 0.264 e. The van der Waals surface area contributed by atoms with Gasteiger partial charge < -0.3 is 0 Å². The van der Waals surface area contributed by atoms with Gasteiger partial charge in [0.25, 0.3) is 10.0 Å². The topological polar surface area (TPSA) is 107 Å². The molecule has 21 heavy (non-hydrogen) atoms. The maximum atomic E-state index is 12.2. The minimum atomic E-state index is -3.88. The number of benzene rings is 1. The molecule has 1 aromatic carbocycles. The molecule has 2 aromatic rings. The normalized spacial score (nSPS) is 21.0. The molecular weight excluding hydrogens is 294 g/mol. The summed E-state index contributed by atoms with van der Waals surface area (Å²) in [6.07, 6.45) is 2.09. The summed E-state index contributed by atoms with van der Waals surface area (Å²) >= 11 is 0. The molecular formula is C12H13N5O3S. The van der Waals surface area contributed by atoms with Gasteiger partial charge in [-0.15, -0.1) is 5.10 Å². The second-order valence-corrected chi connectivity index (χ2v) is 6.72. The fraction of sp³-hybridized carbons (Fsp3) is 0.333. The minimum Gasteiger partial charge on any atom is -0.274 e. The average molecular weight is 307 g/mol. The van der Waals surface area contributed by atoms with Crippen molar-refractivity contribution in [1.29, 1.82) is 0 Å². The van der Waals surface area contributed by atoms with Crippen molar-refractivity contribution in [3.63, 3.8) is 0 Å². The number of amides is 1. The van der Waals surface area contributed by atoms with Gasteiger partial charge in [-0.2, -0.15) is 0 Å². The molecule has 1 heterocycles. The van der Waals surface area contributed by atoms with Crippen molar-refractivity contribution in [3.05, 3.63) is 30.6 Å². The highest BCUT2D eigenvalue weighted by atomic mass is 32.2. The van der Waals surface area contributed by atoms with Crippen LogP contribution < -0.4 is 4.72 Å². The van der Waals surface area contributed by atoms with Crippen LogP contribution in [0.1, 0.15) is 13.3 Å². The molecule has 0 aliphatic heterocycles. The van der Waals surface area contributed by atoms with Crippen molar-refractivity contribution in [3.8, 4) is 5.69 Å². The molecule has 1 aliphatic rings. The Bertz CT molecular complexity index is 772. The summed E-state index contributed by atoms with van der Waals surface area (Å²) in [5.41, 5.74) is 0.495. The Labute approximate surface area is 121 Å². The van der Waals surface area contributed by atoms with E-state index >= 15 is 0 Å². The van der Waals surface area contributed by atoms with E-state index in [1.165, 1.54) is 23.1 Å². The molecule has 1 aromatic heterocycles. The lowest BCUT2D eigenvalue weighted by Crippen LogP contribution is -2.32. The summed E-state index contributed by atoms with van der Waals surface area (Å²) in [5, 5.41) is 10.7. The third-order valence-corrected chi connectivity index (χ3v) is 4.77. The lowest BCUT2D eigenvalue weighted by atomic mass is 10.3.